The van der Waals surface area contributed by atoms with Crippen LogP contribution in [-0.4, -0.2) is 44.4 Å². The summed E-state index contributed by atoms with van der Waals surface area (Å²) in [7, 11) is 4.91. The van der Waals surface area contributed by atoms with E-state index in [1.54, 1.807) is 32.7 Å². The van der Waals surface area contributed by atoms with Crippen LogP contribution in [0.15, 0.2) is 29.6 Å². The Morgan fingerprint density at radius 1 is 1.08 bits per heavy atom. The molecule has 1 atom stereocenters. The van der Waals surface area contributed by atoms with Crippen LogP contribution in [0.2, 0.25) is 0 Å². The quantitative estimate of drug-likeness (QED) is 0.797. The first-order chi connectivity index (χ1) is 12.7. The summed E-state index contributed by atoms with van der Waals surface area (Å²) in [4.78, 5) is 3.48. The second-order valence-electron chi connectivity index (χ2n) is 6.57. The summed E-state index contributed by atoms with van der Waals surface area (Å²) >= 11 is 1.63. The molecule has 1 saturated heterocycles. The molecule has 2 aromatic rings. The molecular formula is C20H27NO4S. The van der Waals surface area contributed by atoms with Gasteiger partial charge in [0.15, 0.2) is 11.5 Å². The minimum atomic E-state index is -0.340. The number of hydrogen-bond donors (Lipinski definition) is 1. The highest BCUT2D eigenvalue weighted by Crippen LogP contribution is 2.41. The molecule has 1 aliphatic heterocycles. The van der Waals surface area contributed by atoms with Gasteiger partial charge in [-0.05, 0) is 49.4 Å². The van der Waals surface area contributed by atoms with Gasteiger partial charge in [-0.1, -0.05) is 12.1 Å². The van der Waals surface area contributed by atoms with E-state index in [1.807, 2.05) is 29.6 Å². The van der Waals surface area contributed by atoms with Gasteiger partial charge in [-0.2, -0.15) is 0 Å². The number of ether oxygens (including phenoxy) is 3. The molecule has 5 nitrogen and oxygen atoms in total. The molecule has 0 radical (unpaired) electrons. The second-order valence-corrected chi connectivity index (χ2v) is 7.55. The molecule has 142 valence electrons. The van der Waals surface area contributed by atoms with Crippen LogP contribution in [0.5, 0.6) is 17.2 Å². The lowest BCUT2D eigenvalue weighted by Crippen LogP contribution is -2.35. The fourth-order valence-electron chi connectivity index (χ4n) is 3.65. The highest BCUT2D eigenvalue weighted by Gasteiger charge is 2.27. The molecule has 1 aromatic carbocycles. The first kappa shape index (κ1) is 19.0. The summed E-state index contributed by atoms with van der Waals surface area (Å²) < 4.78 is 16.4. The monoisotopic (exact) mass is 377 g/mol. The van der Waals surface area contributed by atoms with Crippen LogP contribution < -0.4 is 14.2 Å². The third-order valence-corrected chi connectivity index (χ3v) is 6.04. The molecule has 3 rings (SSSR count). The molecule has 26 heavy (non-hydrogen) atoms. The zero-order valence-electron chi connectivity index (χ0n) is 15.6. The van der Waals surface area contributed by atoms with Crippen LogP contribution in [-0.2, 0) is 6.54 Å². The molecular weight excluding hydrogens is 350 g/mol. The van der Waals surface area contributed by atoms with E-state index in [4.69, 9.17) is 14.2 Å². The smallest absolute Gasteiger partial charge is 0.203 e. The maximum Gasteiger partial charge on any atom is 0.203 e. The molecule has 0 amide bonds. The van der Waals surface area contributed by atoms with Crippen LogP contribution in [0.4, 0.5) is 0 Å². The lowest BCUT2D eigenvalue weighted by molar-refractivity contribution is 0.0588. The third kappa shape index (κ3) is 3.98. The van der Waals surface area contributed by atoms with Crippen molar-refractivity contribution in [1.82, 2.24) is 4.90 Å². The standard InChI is InChI=1S/C20H27NO4S/c1-23-16-7-6-15(19(24-2)20(16)25-3)13-21-10-8-14(9-11-21)18(22)17-5-4-12-26-17/h4-7,12,14,18,22H,8-11,13H2,1-3H3. The Morgan fingerprint density at radius 3 is 2.38 bits per heavy atom. The lowest BCUT2D eigenvalue weighted by Gasteiger charge is -2.34. The zero-order valence-corrected chi connectivity index (χ0v) is 16.4. The van der Waals surface area contributed by atoms with E-state index in [2.05, 4.69) is 4.90 Å². The number of thiophene rings is 1. The Kier molecular flexibility index (Phi) is 6.40. The number of likely N-dealkylation sites (tertiary alicyclic amines) is 1. The number of aliphatic hydroxyl groups excluding tert-OH is 1. The first-order valence-electron chi connectivity index (χ1n) is 8.89. The summed E-state index contributed by atoms with van der Waals surface area (Å²) in [6.07, 6.45) is 1.65. The Labute approximate surface area is 159 Å². The van der Waals surface area contributed by atoms with E-state index >= 15 is 0 Å². The van der Waals surface area contributed by atoms with E-state index in [0.717, 1.165) is 48.7 Å². The Hall–Kier alpha value is -1.76. The molecule has 0 aliphatic carbocycles. The fourth-order valence-corrected chi connectivity index (χ4v) is 4.45. The molecule has 2 heterocycles. The van der Waals surface area contributed by atoms with Crippen LogP contribution in [0.1, 0.15) is 29.4 Å². The summed E-state index contributed by atoms with van der Waals surface area (Å²) in [6, 6.07) is 7.98. The third-order valence-electron chi connectivity index (χ3n) is 5.09. The van der Waals surface area contributed by atoms with Crippen LogP contribution in [0.25, 0.3) is 0 Å². The summed E-state index contributed by atoms with van der Waals surface area (Å²) in [6.45, 7) is 2.72. The van der Waals surface area contributed by atoms with E-state index in [-0.39, 0.29) is 6.10 Å². The molecule has 6 heteroatoms. The first-order valence-corrected chi connectivity index (χ1v) is 9.77. The maximum absolute atomic E-state index is 10.6. The van der Waals surface area contributed by atoms with Crippen molar-refractivity contribution in [3.05, 3.63) is 40.1 Å². The van der Waals surface area contributed by atoms with Crippen molar-refractivity contribution in [3.63, 3.8) is 0 Å². The largest absolute Gasteiger partial charge is 0.493 e. The van der Waals surface area contributed by atoms with Crippen LogP contribution in [0, 0.1) is 5.92 Å². The molecule has 0 saturated carbocycles. The Bertz CT molecular complexity index is 696. The highest BCUT2D eigenvalue weighted by molar-refractivity contribution is 7.10. The maximum atomic E-state index is 10.6. The van der Waals surface area contributed by atoms with Crippen molar-refractivity contribution in [2.75, 3.05) is 34.4 Å². The van der Waals surface area contributed by atoms with Gasteiger partial charge in [-0.15, -0.1) is 11.3 Å². The van der Waals surface area contributed by atoms with Gasteiger partial charge in [0.25, 0.3) is 0 Å². The van der Waals surface area contributed by atoms with Gasteiger partial charge in [0.05, 0.1) is 27.4 Å². The number of methoxy groups -OCH3 is 3. The molecule has 0 spiro atoms. The van der Waals surface area contributed by atoms with Crippen molar-refractivity contribution >= 4 is 11.3 Å². The average Bonchev–Trinajstić information content (AvgIpc) is 3.22. The van der Waals surface area contributed by atoms with Crippen molar-refractivity contribution in [3.8, 4) is 17.2 Å². The van der Waals surface area contributed by atoms with Gasteiger partial charge in [0, 0.05) is 17.0 Å². The predicted molar refractivity (Wildman–Crippen MR) is 103 cm³/mol. The number of piperidine rings is 1. The van der Waals surface area contributed by atoms with E-state index in [1.165, 1.54) is 0 Å². The summed E-state index contributed by atoms with van der Waals surface area (Å²) in [5.74, 6) is 2.37. The van der Waals surface area contributed by atoms with E-state index in [9.17, 15) is 5.11 Å². The highest BCUT2D eigenvalue weighted by atomic mass is 32.1. The predicted octanol–water partition coefficient (Wildman–Crippen LogP) is 3.72. The number of aliphatic hydroxyl groups is 1. The number of benzene rings is 1. The van der Waals surface area contributed by atoms with Gasteiger partial charge in [0.2, 0.25) is 5.75 Å². The topological polar surface area (TPSA) is 51.2 Å². The second kappa shape index (κ2) is 8.75. The zero-order chi connectivity index (χ0) is 18.5. The Morgan fingerprint density at radius 2 is 1.81 bits per heavy atom. The Balaban J connectivity index is 1.64. The van der Waals surface area contributed by atoms with Crippen LogP contribution in [0.3, 0.4) is 0 Å². The minimum absolute atomic E-state index is 0.331. The number of hydrogen-bond acceptors (Lipinski definition) is 6. The van der Waals surface area contributed by atoms with Crippen LogP contribution >= 0.6 is 11.3 Å². The van der Waals surface area contributed by atoms with Gasteiger partial charge >= 0.3 is 0 Å². The summed E-state index contributed by atoms with van der Waals surface area (Å²) in [5, 5.41) is 12.6. The molecule has 1 N–H and O–H groups in total. The fraction of sp³-hybridized carbons (Fsp3) is 0.500. The van der Waals surface area contributed by atoms with Crippen molar-refractivity contribution in [2.45, 2.75) is 25.5 Å². The lowest BCUT2D eigenvalue weighted by atomic mass is 9.90. The van der Waals surface area contributed by atoms with Crippen molar-refractivity contribution in [1.29, 1.82) is 0 Å². The molecule has 1 aromatic heterocycles. The number of rotatable bonds is 7. The normalized spacial score (nSPS) is 17.1. The molecule has 0 bridgehead atoms. The molecule has 1 fully saturated rings. The van der Waals surface area contributed by atoms with Crippen molar-refractivity contribution in [2.24, 2.45) is 5.92 Å². The van der Waals surface area contributed by atoms with E-state index in [0.29, 0.717) is 17.4 Å². The number of nitrogens with zero attached hydrogens (tertiary/aromatic N) is 1. The molecule has 1 aliphatic rings. The average molecular weight is 378 g/mol. The van der Waals surface area contributed by atoms with Crippen molar-refractivity contribution < 1.29 is 19.3 Å². The minimum Gasteiger partial charge on any atom is -0.493 e. The SMILES string of the molecule is COc1ccc(CN2CCC(C(O)c3cccs3)CC2)c(OC)c1OC. The van der Waals surface area contributed by atoms with Gasteiger partial charge in [-0.3, -0.25) is 4.90 Å². The van der Waals surface area contributed by atoms with Gasteiger partial charge in [0.1, 0.15) is 0 Å². The molecule has 1 unspecified atom stereocenters. The van der Waals surface area contributed by atoms with Gasteiger partial charge < -0.3 is 19.3 Å². The van der Waals surface area contributed by atoms with Gasteiger partial charge in [-0.25, -0.2) is 0 Å². The summed E-state index contributed by atoms with van der Waals surface area (Å²) in [5.41, 5.74) is 1.09. The van der Waals surface area contributed by atoms with E-state index < -0.39 is 0 Å².